The predicted molar refractivity (Wildman–Crippen MR) is 135 cm³/mol. The van der Waals surface area contributed by atoms with Gasteiger partial charge in [-0.3, -0.25) is 4.57 Å². The molecule has 1 aromatic carbocycles. The maximum absolute atomic E-state index is 14.9. The number of anilines is 1. The monoisotopic (exact) mass is 505 g/mol. The average Bonchev–Trinajstić information content (AvgIpc) is 3.48. The number of amides is 1. The number of nitriles is 1. The highest BCUT2D eigenvalue weighted by Gasteiger charge is 2.29. The highest BCUT2D eigenvalue weighted by Crippen LogP contribution is 2.38. The zero-order chi connectivity index (χ0) is 25.4. The Balaban J connectivity index is 1.56. The van der Waals surface area contributed by atoms with Gasteiger partial charge in [0.1, 0.15) is 34.5 Å². The lowest BCUT2D eigenvalue weighted by Crippen LogP contribution is -2.50. The number of halogens is 1. The summed E-state index contributed by atoms with van der Waals surface area (Å²) >= 11 is 1.23. The van der Waals surface area contributed by atoms with Crippen molar-refractivity contribution in [3.8, 4) is 22.3 Å². The van der Waals surface area contributed by atoms with Gasteiger partial charge in [-0.1, -0.05) is 29.5 Å². The van der Waals surface area contributed by atoms with Gasteiger partial charge in [0.25, 0.3) is 0 Å². The van der Waals surface area contributed by atoms with Gasteiger partial charge in [0.05, 0.1) is 11.6 Å². The number of fused-ring (bicyclic) bond motifs is 1. The molecular formula is C25H24FN7O2S. The van der Waals surface area contributed by atoms with Crippen molar-refractivity contribution in [1.29, 1.82) is 5.26 Å². The molecule has 11 heteroatoms. The standard InChI is InChI=1S/C25H24FN7O2S/c1-25(2,3)35-24(34)32-10-8-31(9-11-32)21-20-18(17-6-4-5-7-19(17)26)14-33(22(20)30-15-29-21)23-28-13-16(12-27)36-23/h4-7,13-15H,8-11H2,1-3H3. The van der Waals surface area contributed by atoms with E-state index in [9.17, 15) is 14.4 Å². The number of carbonyl (C=O) groups is 1. The number of hydrogen-bond acceptors (Lipinski definition) is 8. The van der Waals surface area contributed by atoms with Gasteiger partial charge < -0.3 is 14.5 Å². The van der Waals surface area contributed by atoms with Crippen LogP contribution in [0.3, 0.4) is 0 Å². The summed E-state index contributed by atoms with van der Waals surface area (Å²) in [5.41, 5.74) is 1.04. The normalized spacial score (nSPS) is 14.2. The van der Waals surface area contributed by atoms with Crippen LogP contribution in [0.2, 0.25) is 0 Å². The van der Waals surface area contributed by atoms with E-state index in [-0.39, 0.29) is 11.9 Å². The summed E-state index contributed by atoms with van der Waals surface area (Å²) in [6, 6.07) is 8.66. The Morgan fingerprint density at radius 1 is 1.11 bits per heavy atom. The van der Waals surface area contributed by atoms with Gasteiger partial charge in [0.2, 0.25) is 0 Å². The molecule has 0 unspecified atom stereocenters. The van der Waals surface area contributed by atoms with E-state index < -0.39 is 5.60 Å². The third-order valence-electron chi connectivity index (χ3n) is 5.77. The van der Waals surface area contributed by atoms with Crippen molar-refractivity contribution in [3.05, 3.63) is 53.7 Å². The molecule has 36 heavy (non-hydrogen) atoms. The van der Waals surface area contributed by atoms with E-state index in [1.54, 1.807) is 33.9 Å². The number of benzene rings is 1. The van der Waals surface area contributed by atoms with Crippen LogP contribution in [-0.4, -0.2) is 62.3 Å². The summed E-state index contributed by atoms with van der Waals surface area (Å²) in [5, 5.41) is 10.5. The molecule has 1 amide bonds. The summed E-state index contributed by atoms with van der Waals surface area (Å²) < 4.78 is 22.2. The zero-order valence-corrected chi connectivity index (χ0v) is 20.9. The molecule has 1 fully saturated rings. The van der Waals surface area contributed by atoms with Crippen molar-refractivity contribution in [2.45, 2.75) is 26.4 Å². The Kier molecular flexibility index (Phi) is 6.05. The first-order valence-corrected chi connectivity index (χ1v) is 12.3. The van der Waals surface area contributed by atoms with Crippen molar-refractivity contribution in [1.82, 2.24) is 24.4 Å². The van der Waals surface area contributed by atoms with E-state index in [2.05, 4.69) is 25.9 Å². The minimum atomic E-state index is -0.564. The fourth-order valence-corrected chi connectivity index (χ4v) is 4.86. The summed E-state index contributed by atoms with van der Waals surface area (Å²) in [7, 11) is 0. The quantitative estimate of drug-likeness (QED) is 0.401. The molecule has 1 aliphatic rings. The molecule has 0 N–H and O–H groups in total. The van der Waals surface area contributed by atoms with Crippen molar-refractivity contribution < 1.29 is 13.9 Å². The molecule has 0 bridgehead atoms. The Labute approximate surface area is 211 Å². The number of thiazole rings is 1. The van der Waals surface area contributed by atoms with Crippen LogP contribution in [0, 0.1) is 17.1 Å². The van der Waals surface area contributed by atoms with Crippen molar-refractivity contribution in [3.63, 3.8) is 0 Å². The largest absolute Gasteiger partial charge is 0.444 e. The van der Waals surface area contributed by atoms with Gasteiger partial charge >= 0.3 is 6.09 Å². The highest BCUT2D eigenvalue weighted by atomic mass is 32.1. The Bertz CT molecular complexity index is 1480. The SMILES string of the molecule is CC(C)(C)OC(=O)N1CCN(c2ncnc3c2c(-c2ccccc2F)cn3-c2ncc(C#N)s2)CC1. The average molecular weight is 506 g/mol. The third-order valence-corrected chi connectivity index (χ3v) is 6.67. The Morgan fingerprint density at radius 2 is 1.86 bits per heavy atom. The number of aromatic nitrogens is 4. The molecule has 0 spiro atoms. The molecule has 3 aromatic heterocycles. The molecule has 0 aliphatic carbocycles. The van der Waals surface area contributed by atoms with Crippen molar-refractivity contribution >= 4 is 34.3 Å². The van der Waals surface area contributed by atoms with E-state index in [0.717, 1.165) is 0 Å². The van der Waals surface area contributed by atoms with E-state index in [1.807, 2.05) is 20.8 Å². The molecule has 4 heterocycles. The number of nitrogens with zero attached hydrogens (tertiary/aromatic N) is 7. The number of piperazine rings is 1. The summed E-state index contributed by atoms with van der Waals surface area (Å²) in [6.45, 7) is 7.52. The van der Waals surface area contributed by atoms with E-state index in [0.29, 0.717) is 64.2 Å². The van der Waals surface area contributed by atoms with Gasteiger partial charge in [0.15, 0.2) is 10.8 Å². The van der Waals surface area contributed by atoms with Crippen LogP contribution in [-0.2, 0) is 4.74 Å². The van der Waals surface area contributed by atoms with Crippen LogP contribution < -0.4 is 4.90 Å². The van der Waals surface area contributed by atoms with Gasteiger partial charge in [-0.15, -0.1) is 0 Å². The van der Waals surface area contributed by atoms with Crippen LogP contribution >= 0.6 is 11.3 Å². The lowest BCUT2D eigenvalue weighted by molar-refractivity contribution is 0.0240. The molecule has 1 saturated heterocycles. The summed E-state index contributed by atoms with van der Waals surface area (Å²) in [6.07, 6.45) is 4.42. The van der Waals surface area contributed by atoms with E-state index in [1.165, 1.54) is 29.9 Å². The van der Waals surface area contributed by atoms with E-state index in [4.69, 9.17) is 4.74 Å². The second-order valence-corrected chi connectivity index (χ2v) is 10.4. The van der Waals surface area contributed by atoms with Crippen LogP contribution in [0.1, 0.15) is 25.6 Å². The molecule has 4 aromatic rings. The lowest BCUT2D eigenvalue weighted by Gasteiger charge is -2.36. The second kappa shape index (κ2) is 9.20. The van der Waals surface area contributed by atoms with Gasteiger partial charge in [-0.05, 0) is 26.8 Å². The third kappa shape index (κ3) is 4.47. The highest BCUT2D eigenvalue weighted by molar-refractivity contribution is 7.14. The van der Waals surface area contributed by atoms with Crippen LogP contribution in [0.25, 0.3) is 27.3 Å². The van der Waals surface area contributed by atoms with Gasteiger partial charge in [0, 0.05) is 43.5 Å². The van der Waals surface area contributed by atoms with Crippen LogP contribution in [0.15, 0.2) is 43.0 Å². The molecular weight excluding hydrogens is 481 g/mol. The lowest BCUT2D eigenvalue weighted by atomic mass is 10.1. The molecule has 0 saturated carbocycles. The zero-order valence-electron chi connectivity index (χ0n) is 20.1. The summed E-state index contributed by atoms with van der Waals surface area (Å²) in [4.78, 5) is 30.2. The summed E-state index contributed by atoms with van der Waals surface area (Å²) in [5.74, 6) is 0.288. The second-order valence-electron chi connectivity index (χ2n) is 9.36. The van der Waals surface area contributed by atoms with Crippen LogP contribution in [0.5, 0.6) is 0 Å². The fraction of sp³-hybridized carbons (Fsp3) is 0.320. The first-order valence-electron chi connectivity index (χ1n) is 11.5. The Morgan fingerprint density at radius 3 is 2.53 bits per heavy atom. The number of ether oxygens (including phenoxy) is 1. The maximum atomic E-state index is 14.9. The molecule has 0 atom stereocenters. The first-order chi connectivity index (χ1) is 17.2. The molecule has 9 nitrogen and oxygen atoms in total. The van der Waals surface area contributed by atoms with E-state index >= 15 is 0 Å². The topological polar surface area (TPSA) is 100 Å². The number of hydrogen-bond donors (Lipinski definition) is 0. The van der Waals surface area contributed by atoms with Gasteiger partial charge in [-0.25, -0.2) is 24.1 Å². The molecule has 0 radical (unpaired) electrons. The molecule has 1 aliphatic heterocycles. The molecule has 5 rings (SSSR count). The smallest absolute Gasteiger partial charge is 0.410 e. The predicted octanol–water partition coefficient (Wildman–Crippen LogP) is 4.61. The van der Waals surface area contributed by atoms with Gasteiger partial charge in [-0.2, -0.15) is 5.26 Å². The van der Waals surface area contributed by atoms with Crippen molar-refractivity contribution in [2.24, 2.45) is 0 Å². The minimum absolute atomic E-state index is 0.342. The first kappa shape index (κ1) is 23.7. The Hall–Kier alpha value is -4.04. The number of rotatable bonds is 3. The minimum Gasteiger partial charge on any atom is -0.444 e. The maximum Gasteiger partial charge on any atom is 0.410 e. The molecule has 184 valence electrons. The number of carbonyl (C=O) groups excluding carboxylic acids is 1. The van der Waals surface area contributed by atoms with Crippen LogP contribution in [0.4, 0.5) is 15.0 Å². The van der Waals surface area contributed by atoms with Crippen molar-refractivity contribution in [2.75, 3.05) is 31.1 Å². The fourth-order valence-electron chi connectivity index (χ4n) is 4.17.